The predicted octanol–water partition coefficient (Wildman–Crippen LogP) is 21.3. The van der Waals surface area contributed by atoms with Crippen molar-refractivity contribution in [2.45, 2.75) is 388 Å². The summed E-state index contributed by atoms with van der Waals surface area (Å²) in [5.41, 5.74) is 0. The van der Waals surface area contributed by atoms with Crippen LogP contribution in [-0.4, -0.2) is 96.7 Å². The summed E-state index contributed by atoms with van der Waals surface area (Å²) in [7, 11) is -9.91. The number of phosphoric acid groups is 2. The van der Waals surface area contributed by atoms with E-state index in [1.54, 1.807) is 0 Å². The highest BCUT2D eigenvalue weighted by atomic mass is 31.2. The number of ether oxygens (including phenoxy) is 4. The maximum Gasteiger partial charge on any atom is 0.472 e. The van der Waals surface area contributed by atoms with Crippen LogP contribution in [0.2, 0.25) is 0 Å². The van der Waals surface area contributed by atoms with Crippen molar-refractivity contribution < 1.29 is 80.2 Å². The summed E-state index contributed by atoms with van der Waals surface area (Å²) in [5, 5.41) is 10.6. The van der Waals surface area contributed by atoms with E-state index in [1.807, 2.05) is 0 Å². The first-order chi connectivity index (χ1) is 44.7. The lowest BCUT2D eigenvalue weighted by Crippen LogP contribution is -2.30. The summed E-state index contributed by atoms with van der Waals surface area (Å²) in [6.07, 6.45) is 47.5. The first-order valence-corrected chi connectivity index (χ1v) is 41.3. The highest BCUT2D eigenvalue weighted by molar-refractivity contribution is 7.47. The van der Waals surface area contributed by atoms with Gasteiger partial charge in [-0.15, -0.1) is 0 Å². The molecule has 0 aliphatic heterocycles. The fourth-order valence-corrected chi connectivity index (χ4v) is 12.7. The van der Waals surface area contributed by atoms with E-state index in [4.69, 9.17) is 37.0 Å². The first kappa shape index (κ1) is 91.1. The van der Waals surface area contributed by atoms with E-state index < -0.39 is 97.5 Å². The fraction of sp³-hybridized carbons (Fsp3) is 0.946. The molecule has 19 heteroatoms. The van der Waals surface area contributed by atoms with Crippen molar-refractivity contribution in [1.82, 2.24) is 0 Å². The average Bonchev–Trinajstić information content (AvgIpc) is 3.74. The Morgan fingerprint density at radius 2 is 0.516 bits per heavy atom. The molecule has 0 amide bonds. The van der Waals surface area contributed by atoms with Crippen LogP contribution >= 0.6 is 15.6 Å². The van der Waals surface area contributed by atoms with Gasteiger partial charge in [-0.3, -0.25) is 37.3 Å². The van der Waals surface area contributed by atoms with E-state index in [1.165, 1.54) is 167 Å². The normalized spacial score (nSPS) is 14.8. The van der Waals surface area contributed by atoms with Gasteiger partial charge in [-0.2, -0.15) is 0 Å². The Balaban J connectivity index is 5.15. The molecule has 0 saturated heterocycles. The monoisotopic (exact) mass is 1370 g/mol. The zero-order valence-electron chi connectivity index (χ0n) is 60.9. The summed E-state index contributed by atoms with van der Waals surface area (Å²) < 4.78 is 68.3. The molecule has 0 bridgehead atoms. The van der Waals surface area contributed by atoms with Crippen LogP contribution < -0.4 is 0 Å². The minimum atomic E-state index is -4.95. The van der Waals surface area contributed by atoms with Crippen molar-refractivity contribution in [3.8, 4) is 0 Å². The van der Waals surface area contributed by atoms with Gasteiger partial charge in [-0.1, -0.05) is 319 Å². The van der Waals surface area contributed by atoms with Crippen molar-refractivity contribution in [2.24, 2.45) is 23.7 Å². The van der Waals surface area contributed by atoms with Gasteiger partial charge in [0.2, 0.25) is 0 Å². The Kier molecular flexibility index (Phi) is 62.2. The van der Waals surface area contributed by atoms with Crippen LogP contribution in [0.3, 0.4) is 0 Å². The van der Waals surface area contributed by atoms with E-state index in [9.17, 15) is 43.2 Å². The van der Waals surface area contributed by atoms with Gasteiger partial charge >= 0.3 is 39.5 Å². The predicted molar refractivity (Wildman–Crippen MR) is 377 cm³/mol. The maximum absolute atomic E-state index is 13.0. The minimum Gasteiger partial charge on any atom is -0.462 e. The number of carbonyl (C=O) groups excluding carboxylic acids is 4. The number of phosphoric ester groups is 2. The number of unbranched alkanes of at least 4 members (excludes halogenated alkanes) is 35. The third kappa shape index (κ3) is 65.8. The molecule has 5 unspecified atom stereocenters. The van der Waals surface area contributed by atoms with Crippen LogP contribution in [0.5, 0.6) is 0 Å². The SMILES string of the molecule is CCC(C)CCCCCCCCCCCCCCCCCCCCC(=O)O[C@H](COC(=O)CCCCCCCCCC(C)C)COP(=O)(O)OCC(O)COP(=O)(O)OC[C@@H](COC(=O)CCCCCCCCCCC(C)C)OC(=O)CCCCCCCCC(C)CC. The maximum atomic E-state index is 13.0. The van der Waals surface area contributed by atoms with E-state index in [0.717, 1.165) is 114 Å². The van der Waals surface area contributed by atoms with Gasteiger partial charge in [-0.05, 0) is 49.4 Å². The molecule has 0 fully saturated rings. The van der Waals surface area contributed by atoms with Crippen LogP contribution in [0, 0.1) is 23.7 Å². The van der Waals surface area contributed by atoms with Gasteiger partial charge in [0.25, 0.3) is 0 Å². The quantitative estimate of drug-likeness (QED) is 0.0222. The summed E-state index contributed by atoms with van der Waals surface area (Å²) in [6.45, 7) is 14.1. The molecule has 0 radical (unpaired) electrons. The first-order valence-electron chi connectivity index (χ1n) is 38.3. The fourth-order valence-electron chi connectivity index (χ4n) is 11.1. The second-order valence-corrected chi connectivity index (χ2v) is 31.0. The zero-order chi connectivity index (χ0) is 68.9. The van der Waals surface area contributed by atoms with Gasteiger partial charge in [-0.25, -0.2) is 9.13 Å². The molecule has 0 spiro atoms. The lowest BCUT2D eigenvalue weighted by Gasteiger charge is -2.21. The van der Waals surface area contributed by atoms with E-state index in [0.29, 0.717) is 31.6 Å². The number of hydrogen-bond acceptors (Lipinski definition) is 15. The molecular formula is C74H144O17P2. The van der Waals surface area contributed by atoms with Gasteiger partial charge in [0, 0.05) is 25.7 Å². The van der Waals surface area contributed by atoms with Crippen LogP contribution in [-0.2, 0) is 65.4 Å². The average molecular weight is 1370 g/mol. The summed E-state index contributed by atoms with van der Waals surface area (Å²) in [5.74, 6) is 0.893. The lowest BCUT2D eigenvalue weighted by molar-refractivity contribution is -0.161. The molecule has 0 heterocycles. The summed E-state index contributed by atoms with van der Waals surface area (Å²) in [4.78, 5) is 72.6. The Morgan fingerprint density at radius 3 is 0.763 bits per heavy atom. The lowest BCUT2D eigenvalue weighted by atomic mass is 9.99. The summed E-state index contributed by atoms with van der Waals surface area (Å²) >= 11 is 0. The molecule has 0 saturated carbocycles. The van der Waals surface area contributed by atoms with Crippen molar-refractivity contribution in [2.75, 3.05) is 39.6 Å². The largest absolute Gasteiger partial charge is 0.472 e. The van der Waals surface area contributed by atoms with E-state index in [2.05, 4.69) is 55.4 Å². The molecular weight excluding hydrogens is 1220 g/mol. The summed E-state index contributed by atoms with van der Waals surface area (Å²) in [6, 6.07) is 0. The Labute approximate surface area is 568 Å². The molecule has 3 N–H and O–H groups in total. The van der Waals surface area contributed by atoms with Crippen molar-refractivity contribution in [3.63, 3.8) is 0 Å². The third-order valence-electron chi connectivity index (χ3n) is 17.8. The smallest absolute Gasteiger partial charge is 0.462 e. The number of hydrogen-bond donors (Lipinski definition) is 3. The van der Waals surface area contributed by atoms with Gasteiger partial charge < -0.3 is 33.8 Å². The molecule has 93 heavy (non-hydrogen) atoms. The van der Waals surface area contributed by atoms with E-state index >= 15 is 0 Å². The Hall–Kier alpha value is -1.94. The van der Waals surface area contributed by atoms with Gasteiger partial charge in [0.1, 0.15) is 19.3 Å². The Bertz CT molecular complexity index is 1840. The highest BCUT2D eigenvalue weighted by Gasteiger charge is 2.30. The molecule has 0 rings (SSSR count). The van der Waals surface area contributed by atoms with E-state index in [-0.39, 0.29) is 25.7 Å². The molecule has 17 nitrogen and oxygen atoms in total. The van der Waals surface area contributed by atoms with Crippen molar-refractivity contribution >= 4 is 39.5 Å². The third-order valence-corrected chi connectivity index (χ3v) is 19.7. The minimum absolute atomic E-state index is 0.102. The molecule has 7 atom stereocenters. The molecule has 0 aromatic heterocycles. The number of aliphatic hydroxyl groups is 1. The molecule has 0 aliphatic carbocycles. The molecule has 0 aromatic rings. The van der Waals surface area contributed by atoms with Gasteiger partial charge in [0.05, 0.1) is 26.4 Å². The van der Waals surface area contributed by atoms with Crippen LogP contribution in [0.1, 0.15) is 370 Å². The zero-order valence-corrected chi connectivity index (χ0v) is 62.7. The molecule has 552 valence electrons. The topological polar surface area (TPSA) is 237 Å². The standard InChI is InChI=1S/C74H144O17P2/c1-9-66(7)52-44-36-28-21-19-17-15-13-11-12-14-16-18-20-22-30-40-48-56-73(78)90-69(60-85-72(77)55-47-39-31-25-27-35-43-51-65(5)6)62-88-92(80,81)86-58-68(75)59-87-93(82,83)89-63-70(91-74(79)57-49-41-33-32-37-45-53-67(8)10-2)61-84-71(76)54-46-38-29-24-23-26-34-42-50-64(3)4/h64-70,75H,9-63H2,1-8H3,(H,80,81)(H,82,83)/t66?,67?,68?,69-,70-/m1/s1. The Morgan fingerprint density at radius 1 is 0.301 bits per heavy atom. The van der Waals surface area contributed by atoms with Crippen molar-refractivity contribution in [1.29, 1.82) is 0 Å². The second kappa shape index (κ2) is 63.5. The highest BCUT2D eigenvalue weighted by Crippen LogP contribution is 2.45. The van der Waals surface area contributed by atoms with Crippen LogP contribution in [0.15, 0.2) is 0 Å². The molecule has 0 aliphatic rings. The molecule has 0 aromatic carbocycles. The van der Waals surface area contributed by atoms with Crippen LogP contribution in [0.25, 0.3) is 0 Å². The van der Waals surface area contributed by atoms with Crippen LogP contribution in [0.4, 0.5) is 0 Å². The van der Waals surface area contributed by atoms with Gasteiger partial charge in [0.15, 0.2) is 12.2 Å². The number of rotatable bonds is 71. The number of carbonyl (C=O) groups is 4. The second-order valence-electron chi connectivity index (χ2n) is 28.1. The van der Waals surface area contributed by atoms with Crippen molar-refractivity contribution in [3.05, 3.63) is 0 Å². The number of aliphatic hydroxyl groups excluding tert-OH is 1. The number of esters is 4.